The molecule has 28 heavy (non-hydrogen) atoms. The number of ketones is 1. The topological polar surface area (TPSA) is 44.8 Å². The first-order chi connectivity index (χ1) is 13.3. The fourth-order valence-corrected chi connectivity index (χ4v) is 5.75. The third-order valence-electron chi connectivity index (χ3n) is 5.58. The Bertz CT molecular complexity index is 889. The highest BCUT2D eigenvalue weighted by molar-refractivity contribution is 6.60. The zero-order chi connectivity index (χ0) is 20.4. The standard InChI is InChI=1S/C22H30NO4Si/c1-23(2,13-8-14-28(25-3,26-4)27-5)16-19-15-18-11-6-9-17-10-7-12-20(21(17)18)22(19)24/h6-7,9-12,15H,8,13-14,16H2,1-5H3/q+1. The molecule has 0 amide bonds. The van der Waals surface area contributed by atoms with Crippen LogP contribution in [-0.4, -0.2) is 67.6 Å². The van der Waals surface area contributed by atoms with Crippen LogP contribution >= 0.6 is 0 Å². The number of carbonyl (C=O) groups is 1. The van der Waals surface area contributed by atoms with Crippen LogP contribution in [0.2, 0.25) is 6.04 Å². The van der Waals surface area contributed by atoms with E-state index in [1.165, 1.54) is 0 Å². The lowest BCUT2D eigenvalue weighted by molar-refractivity contribution is -0.885. The number of Topliss-reactive ketones (excluding diaryl/α,β-unsaturated/α-hetero) is 1. The molecule has 0 aliphatic heterocycles. The molecule has 0 unspecified atom stereocenters. The molecule has 0 aromatic heterocycles. The summed E-state index contributed by atoms with van der Waals surface area (Å²) >= 11 is 0. The lowest BCUT2D eigenvalue weighted by atomic mass is 9.87. The van der Waals surface area contributed by atoms with E-state index in [0.29, 0.717) is 6.54 Å². The SMILES string of the molecule is CO[Si](CCC[N+](C)(C)CC1=Cc2cccc3cccc(c23)C1=O)(OC)OC. The molecule has 0 saturated heterocycles. The Morgan fingerprint density at radius 3 is 2.25 bits per heavy atom. The first-order valence-corrected chi connectivity index (χ1v) is 11.5. The second kappa shape index (κ2) is 8.27. The lowest BCUT2D eigenvalue weighted by Crippen LogP contribution is -2.46. The van der Waals surface area contributed by atoms with Crippen molar-refractivity contribution in [2.75, 3.05) is 48.5 Å². The number of carbonyl (C=O) groups excluding carboxylic acids is 1. The fourth-order valence-electron chi connectivity index (χ4n) is 4.04. The molecule has 150 valence electrons. The minimum atomic E-state index is -2.55. The molecule has 6 heteroatoms. The third-order valence-corrected chi connectivity index (χ3v) is 8.41. The smallest absolute Gasteiger partial charge is 0.377 e. The predicted molar refractivity (Wildman–Crippen MR) is 114 cm³/mol. The molecule has 0 heterocycles. The Kier molecular flexibility index (Phi) is 6.17. The van der Waals surface area contributed by atoms with E-state index in [1.54, 1.807) is 21.3 Å². The van der Waals surface area contributed by atoms with Gasteiger partial charge in [0.1, 0.15) is 6.54 Å². The van der Waals surface area contributed by atoms with E-state index in [4.69, 9.17) is 13.3 Å². The first kappa shape index (κ1) is 20.9. The van der Waals surface area contributed by atoms with E-state index >= 15 is 0 Å². The van der Waals surface area contributed by atoms with Gasteiger partial charge in [-0.3, -0.25) is 4.79 Å². The summed E-state index contributed by atoms with van der Waals surface area (Å²) < 4.78 is 17.3. The van der Waals surface area contributed by atoms with Gasteiger partial charge in [0.25, 0.3) is 0 Å². The number of benzene rings is 2. The third kappa shape index (κ3) is 4.11. The van der Waals surface area contributed by atoms with Crippen molar-refractivity contribution in [2.24, 2.45) is 0 Å². The molecule has 2 aromatic rings. The Morgan fingerprint density at radius 2 is 1.61 bits per heavy atom. The predicted octanol–water partition coefficient (Wildman–Crippen LogP) is 3.76. The average molecular weight is 401 g/mol. The van der Waals surface area contributed by atoms with Crippen molar-refractivity contribution in [3.8, 4) is 0 Å². The van der Waals surface area contributed by atoms with Gasteiger partial charge < -0.3 is 17.8 Å². The molecule has 0 saturated carbocycles. The highest BCUT2D eigenvalue weighted by Crippen LogP contribution is 2.32. The average Bonchev–Trinajstić information content (AvgIpc) is 2.69. The van der Waals surface area contributed by atoms with Crippen molar-refractivity contribution in [2.45, 2.75) is 12.5 Å². The number of quaternary nitrogens is 1. The van der Waals surface area contributed by atoms with Crippen molar-refractivity contribution in [3.63, 3.8) is 0 Å². The van der Waals surface area contributed by atoms with E-state index in [-0.39, 0.29) is 5.78 Å². The highest BCUT2D eigenvalue weighted by Gasteiger charge is 2.38. The minimum Gasteiger partial charge on any atom is -0.377 e. The van der Waals surface area contributed by atoms with Gasteiger partial charge in [0, 0.05) is 44.7 Å². The van der Waals surface area contributed by atoms with Crippen LogP contribution in [0.4, 0.5) is 0 Å². The van der Waals surface area contributed by atoms with Gasteiger partial charge in [0.2, 0.25) is 0 Å². The molecule has 1 aliphatic rings. The summed E-state index contributed by atoms with van der Waals surface area (Å²) in [5.74, 6) is 0.143. The van der Waals surface area contributed by atoms with Crippen LogP contribution < -0.4 is 0 Å². The van der Waals surface area contributed by atoms with E-state index in [2.05, 4.69) is 44.4 Å². The summed E-state index contributed by atoms with van der Waals surface area (Å²) in [4.78, 5) is 13.1. The fraction of sp³-hybridized carbons (Fsp3) is 0.409. The van der Waals surface area contributed by atoms with Gasteiger partial charge in [-0.15, -0.1) is 0 Å². The zero-order valence-corrected chi connectivity index (χ0v) is 18.5. The summed E-state index contributed by atoms with van der Waals surface area (Å²) in [7, 11) is 6.69. The number of likely N-dealkylation sites (N-methyl/N-ethyl adjacent to an activating group) is 1. The Balaban J connectivity index is 1.75. The summed E-state index contributed by atoms with van der Waals surface area (Å²) in [5, 5.41) is 2.19. The number of rotatable bonds is 9. The van der Waals surface area contributed by atoms with E-state index < -0.39 is 8.80 Å². The van der Waals surface area contributed by atoms with Crippen molar-refractivity contribution in [1.82, 2.24) is 0 Å². The maximum Gasteiger partial charge on any atom is 0.500 e. The molecule has 2 aromatic carbocycles. The highest BCUT2D eigenvalue weighted by atomic mass is 28.4. The van der Waals surface area contributed by atoms with Gasteiger partial charge in [-0.05, 0) is 17.0 Å². The largest absolute Gasteiger partial charge is 0.500 e. The van der Waals surface area contributed by atoms with Crippen LogP contribution in [0, 0.1) is 0 Å². The zero-order valence-electron chi connectivity index (χ0n) is 17.5. The molecule has 0 fully saturated rings. The summed E-state index contributed by atoms with van der Waals surface area (Å²) in [5.41, 5.74) is 2.81. The maximum absolute atomic E-state index is 13.1. The van der Waals surface area contributed by atoms with Crippen molar-refractivity contribution in [1.29, 1.82) is 0 Å². The quantitative estimate of drug-likeness (QED) is 0.475. The molecular weight excluding hydrogens is 370 g/mol. The normalized spacial score (nSPS) is 14.5. The van der Waals surface area contributed by atoms with Crippen LogP contribution in [0.15, 0.2) is 42.0 Å². The van der Waals surface area contributed by atoms with E-state index in [1.807, 2.05) is 12.1 Å². The minimum absolute atomic E-state index is 0.143. The number of hydrogen-bond acceptors (Lipinski definition) is 4. The van der Waals surface area contributed by atoms with Gasteiger partial charge >= 0.3 is 8.80 Å². The molecule has 3 rings (SSSR count). The second-order valence-electron chi connectivity index (χ2n) is 7.97. The Labute approximate surface area is 168 Å². The van der Waals surface area contributed by atoms with Crippen LogP contribution in [-0.2, 0) is 13.3 Å². The Hall–Kier alpha value is -1.83. The monoisotopic (exact) mass is 400 g/mol. The van der Waals surface area contributed by atoms with Crippen LogP contribution in [0.5, 0.6) is 0 Å². The molecular formula is C22H30NO4Si+. The number of hydrogen-bond donors (Lipinski definition) is 0. The van der Waals surface area contributed by atoms with E-state index in [0.717, 1.165) is 51.0 Å². The molecule has 1 aliphatic carbocycles. The first-order valence-electron chi connectivity index (χ1n) is 9.59. The van der Waals surface area contributed by atoms with Crippen molar-refractivity contribution >= 4 is 31.4 Å². The summed E-state index contributed by atoms with van der Waals surface area (Å²) in [6.07, 6.45) is 2.97. The molecule has 0 bridgehead atoms. The molecule has 5 nitrogen and oxygen atoms in total. The number of nitrogens with zero attached hydrogens (tertiary/aromatic N) is 1. The van der Waals surface area contributed by atoms with Crippen LogP contribution in [0.1, 0.15) is 22.3 Å². The van der Waals surface area contributed by atoms with E-state index in [9.17, 15) is 4.79 Å². The van der Waals surface area contributed by atoms with Crippen LogP contribution in [0.25, 0.3) is 16.8 Å². The molecule has 0 atom stereocenters. The Morgan fingerprint density at radius 1 is 0.964 bits per heavy atom. The van der Waals surface area contributed by atoms with Crippen molar-refractivity contribution in [3.05, 3.63) is 53.1 Å². The van der Waals surface area contributed by atoms with Crippen molar-refractivity contribution < 1.29 is 22.6 Å². The second-order valence-corrected chi connectivity index (χ2v) is 11.1. The maximum atomic E-state index is 13.1. The van der Waals surface area contributed by atoms with Gasteiger partial charge in [0.05, 0.1) is 26.2 Å². The molecule has 0 radical (unpaired) electrons. The van der Waals surface area contributed by atoms with Gasteiger partial charge in [-0.2, -0.15) is 0 Å². The summed E-state index contributed by atoms with van der Waals surface area (Å²) in [6.45, 7) is 1.59. The molecule has 0 spiro atoms. The van der Waals surface area contributed by atoms with Gasteiger partial charge in [-0.25, -0.2) is 0 Å². The molecule has 0 N–H and O–H groups in total. The van der Waals surface area contributed by atoms with Crippen LogP contribution in [0.3, 0.4) is 0 Å². The lowest BCUT2D eigenvalue weighted by Gasteiger charge is -2.32. The van der Waals surface area contributed by atoms with Gasteiger partial charge in [-0.1, -0.05) is 36.4 Å². The summed E-state index contributed by atoms with van der Waals surface area (Å²) in [6, 6.07) is 12.9. The van der Waals surface area contributed by atoms with Gasteiger partial charge in [0.15, 0.2) is 5.78 Å².